The molecule has 1 fully saturated rings. The average molecular weight is 362 g/mol. The summed E-state index contributed by atoms with van der Waals surface area (Å²) in [4.78, 5) is 32.6. The van der Waals surface area contributed by atoms with Crippen molar-refractivity contribution in [3.63, 3.8) is 0 Å². The molecule has 0 bridgehead atoms. The Morgan fingerprint density at radius 1 is 1.31 bits per heavy atom. The van der Waals surface area contributed by atoms with Crippen molar-refractivity contribution >= 4 is 17.5 Å². The molecule has 3 rings (SSSR count). The van der Waals surface area contributed by atoms with Crippen molar-refractivity contribution in [1.82, 2.24) is 24.9 Å². The van der Waals surface area contributed by atoms with Gasteiger partial charge in [0, 0.05) is 45.9 Å². The molecule has 1 unspecified atom stereocenters. The van der Waals surface area contributed by atoms with Gasteiger partial charge in [-0.2, -0.15) is 10.1 Å². The van der Waals surface area contributed by atoms with E-state index in [9.17, 15) is 9.59 Å². The third-order valence-electron chi connectivity index (χ3n) is 5.02. The molecule has 0 radical (unpaired) electrons. The lowest BCUT2D eigenvalue weighted by Gasteiger charge is -2.27. The Labute approximate surface area is 153 Å². The Kier molecular flexibility index (Phi) is 5.65. The van der Waals surface area contributed by atoms with E-state index in [0.29, 0.717) is 49.4 Å². The minimum atomic E-state index is -0.0455. The van der Waals surface area contributed by atoms with Crippen LogP contribution < -0.4 is 0 Å². The minimum absolute atomic E-state index is 0.0403. The Hall–Kier alpha value is -2.29. The van der Waals surface area contributed by atoms with Gasteiger partial charge in [0.05, 0.1) is 6.54 Å². The summed E-state index contributed by atoms with van der Waals surface area (Å²) >= 11 is 0. The van der Waals surface area contributed by atoms with Crippen molar-refractivity contribution in [2.75, 3.05) is 27.2 Å². The third kappa shape index (κ3) is 4.27. The summed E-state index contributed by atoms with van der Waals surface area (Å²) in [6.45, 7) is 3.83. The van der Waals surface area contributed by atoms with Crippen molar-refractivity contribution in [2.45, 2.75) is 51.6 Å². The smallest absolute Gasteiger partial charge is 0.270 e. The van der Waals surface area contributed by atoms with E-state index in [1.54, 1.807) is 14.0 Å². The Morgan fingerprint density at radius 2 is 2.12 bits per heavy atom. The zero-order valence-corrected chi connectivity index (χ0v) is 15.6. The second kappa shape index (κ2) is 7.94. The van der Waals surface area contributed by atoms with Gasteiger partial charge in [0.15, 0.2) is 5.82 Å². The molecule has 0 aliphatic carbocycles. The lowest BCUT2D eigenvalue weighted by atomic mass is 10.1. The molecular weight excluding hydrogens is 336 g/mol. The highest BCUT2D eigenvalue weighted by atomic mass is 16.5. The summed E-state index contributed by atoms with van der Waals surface area (Å²) in [6, 6.07) is 0.365. The highest BCUT2D eigenvalue weighted by Gasteiger charge is 2.28. The molecule has 2 aliphatic rings. The van der Waals surface area contributed by atoms with E-state index in [0.717, 1.165) is 25.8 Å². The van der Waals surface area contributed by atoms with Gasteiger partial charge in [-0.25, -0.2) is 5.01 Å². The van der Waals surface area contributed by atoms with Crippen LogP contribution in [-0.4, -0.2) is 75.7 Å². The van der Waals surface area contributed by atoms with Gasteiger partial charge in [0.2, 0.25) is 11.8 Å². The van der Waals surface area contributed by atoms with E-state index in [1.165, 1.54) is 5.01 Å². The SMILES string of the molecule is Cc1nc(CN(C)C2CCCN(C(=O)C3=NN(C)C(=O)CC3)CC2)no1. The average Bonchev–Trinajstić information content (AvgIpc) is 2.87. The molecule has 1 saturated heterocycles. The summed E-state index contributed by atoms with van der Waals surface area (Å²) in [5.74, 6) is 1.17. The van der Waals surface area contributed by atoms with E-state index in [2.05, 4.69) is 27.2 Å². The molecule has 9 heteroatoms. The number of likely N-dealkylation sites (tertiary alicyclic amines) is 1. The number of hydrogen-bond acceptors (Lipinski definition) is 7. The molecular formula is C17H26N6O3. The Morgan fingerprint density at radius 3 is 2.81 bits per heavy atom. The summed E-state index contributed by atoms with van der Waals surface area (Å²) in [6.07, 6.45) is 3.63. The van der Waals surface area contributed by atoms with Crippen LogP contribution in [0.4, 0.5) is 0 Å². The fourth-order valence-electron chi connectivity index (χ4n) is 3.49. The molecule has 9 nitrogen and oxygen atoms in total. The number of aryl methyl sites for hydroxylation is 1. The monoisotopic (exact) mass is 362 g/mol. The molecule has 2 amide bonds. The van der Waals surface area contributed by atoms with Crippen LogP contribution in [0.1, 0.15) is 43.8 Å². The fourth-order valence-corrected chi connectivity index (χ4v) is 3.49. The molecule has 0 aromatic carbocycles. The van der Waals surface area contributed by atoms with Crippen LogP contribution in [0.5, 0.6) is 0 Å². The normalized spacial score (nSPS) is 21.8. The van der Waals surface area contributed by atoms with E-state index in [4.69, 9.17) is 4.52 Å². The van der Waals surface area contributed by atoms with Gasteiger partial charge in [0.25, 0.3) is 5.91 Å². The van der Waals surface area contributed by atoms with Gasteiger partial charge in [-0.15, -0.1) is 0 Å². The molecule has 3 heterocycles. The van der Waals surface area contributed by atoms with Gasteiger partial charge < -0.3 is 9.42 Å². The molecule has 1 atom stereocenters. The van der Waals surface area contributed by atoms with E-state index >= 15 is 0 Å². The number of amides is 2. The first kappa shape index (κ1) is 18.5. The lowest BCUT2D eigenvalue weighted by Crippen LogP contribution is -2.41. The third-order valence-corrected chi connectivity index (χ3v) is 5.02. The molecule has 0 N–H and O–H groups in total. The first-order valence-corrected chi connectivity index (χ1v) is 9.07. The summed E-state index contributed by atoms with van der Waals surface area (Å²) in [5, 5.41) is 9.38. The Balaban J connectivity index is 1.56. The van der Waals surface area contributed by atoms with Gasteiger partial charge >= 0.3 is 0 Å². The highest BCUT2D eigenvalue weighted by molar-refractivity contribution is 6.39. The van der Waals surface area contributed by atoms with Crippen LogP contribution in [0.2, 0.25) is 0 Å². The van der Waals surface area contributed by atoms with Crippen molar-refractivity contribution in [1.29, 1.82) is 0 Å². The van der Waals surface area contributed by atoms with Crippen LogP contribution in [0.15, 0.2) is 9.62 Å². The summed E-state index contributed by atoms with van der Waals surface area (Å²) in [7, 11) is 3.65. The molecule has 1 aromatic rings. The van der Waals surface area contributed by atoms with Gasteiger partial charge in [-0.3, -0.25) is 14.5 Å². The first-order chi connectivity index (χ1) is 12.4. The van der Waals surface area contributed by atoms with Crippen molar-refractivity contribution < 1.29 is 14.1 Å². The van der Waals surface area contributed by atoms with E-state index in [1.807, 2.05) is 4.90 Å². The van der Waals surface area contributed by atoms with E-state index < -0.39 is 0 Å². The van der Waals surface area contributed by atoms with Gasteiger partial charge in [0.1, 0.15) is 5.71 Å². The number of rotatable bonds is 4. The number of hydrazone groups is 1. The maximum Gasteiger partial charge on any atom is 0.270 e. The molecule has 26 heavy (non-hydrogen) atoms. The molecule has 0 saturated carbocycles. The predicted molar refractivity (Wildman–Crippen MR) is 94.2 cm³/mol. The molecule has 142 valence electrons. The number of carbonyl (C=O) groups excluding carboxylic acids is 2. The van der Waals surface area contributed by atoms with Crippen LogP contribution in [0, 0.1) is 6.92 Å². The predicted octanol–water partition coefficient (Wildman–Crippen LogP) is 0.799. The summed E-state index contributed by atoms with van der Waals surface area (Å²) < 4.78 is 5.03. The number of nitrogens with zero attached hydrogens (tertiary/aromatic N) is 6. The largest absolute Gasteiger partial charge is 0.340 e. The minimum Gasteiger partial charge on any atom is -0.340 e. The van der Waals surface area contributed by atoms with Crippen LogP contribution in [0.25, 0.3) is 0 Å². The quantitative estimate of drug-likeness (QED) is 0.786. The maximum absolute atomic E-state index is 12.7. The highest BCUT2D eigenvalue weighted by Crippen LogP contribution is 2.19. The van der Waals surface area contributed by atoms with Crippen molar-refractivity contribution in [3.8, 4) is 0 Å². The lowest BCUT2D eigenvalue weighted by molar-refractivity contribution is -0.130. The topological polar surface area (TPSA) is 95.1 Å². The number of carbonyl (C=O) groups is 2. The number of aromatic nitrogens is 2. The second-order valence-electron chi connectivity index (χ2n) is 6.99. The van der Waals surface area contributed by atoms with Crippen molar-refractivity contribution in [2.24, 2.45) is 5.10 Å². The zero-order valence-electron chi connectivity index (χ0n) is 15.6. The van der Waals surface area contributed by atoms with Crippen LogP contribution in [0.3, 0.4) is 0 Å². The fraction of sp³-hybridized carbons (Fsp3) is 0.706. The van der Waals surface area contributed by atoms with Crippen LogP contribution >= 0.6 is 0 Å². The van der Waals surface area contributed by atoms with Gasteiger partial charge in [-0.1, -0.05) is 5.16 Å². The van der Waals surface area contributed by atoms with Crippen LogP contribution in [-0.2, 0) is 16.1 Å². The number of hydrogen-bond donors (Lipinski definition) is 0. The summed E-state index contributed by atoms with van der Waals surface area (Å²) in [5.41, 5.74) is 0.487. The zero-order chi connectivity index (χ0) is 18.7. The molecule has 2 aliphatic heterocycles. The molecule has 0 spiro atoms. The van der Waals surface area contributed by atoms with Gasteiger partial charge in [-0.05, 0) is 26.3 Å². The molecule has 1 aromatic heterocycles. The van der Waals surface area contributed by atoms with E-state index in [-0.39, 0.29) is 11.8 Å². The standard InChI is InChI=1S/C17H26N6O3/c1-12-18-15(20-26-12)11-21(2)13-5-4-9-23(10-8-13)17(25)14-6-7-16(24)22(3)19-14/h13H,4-11H2,1-3H3. The first-order valence-electron chi connectivity index (χ1n) is 9.07. The second-order valence-corrected chi connectivity index (χ2v) is 6.99. The Bertz CT molecular complexity index is 700. The van der Waals surface area contributed by atoms with Crippen molar-refractivity contribution in [3.05, 3.63) is 11.7 Å². The maximum atomic E-state index is 12.7.